The minimum absolute atomic E-state index is 0.130. The number of rotatable bonds is 7. The molecule has 4 nitrogen and oxygen atoms in total. The molecule has 1 N–H and O–H groups in total. The third kappa shape index (κ3) is 5.17. The van der Waals surface area contributed by atoms with E-state index in [1.165, 1.54) is 0 Å². The molecule has 1 amide bonds. The number of amides is 1. The predicted molar refractivity (Wildman–Crippen MR) is 98.8 cm³/mol. The van der Waals surface area contributed by atoms with Crippen molar-refractivity contribution in [1.29, 1.82) is 0 Å². The monoisotopic (exact) mass is 346 g/mol. The van der Waals surface area contributed by atoms with Crippen molar-refractivity contribution in [2.45, 2.75) is 26.0 Å². The molecule has 128 valence electrons. The highest BCUT2D eigenvalue weighted by molar-refractivity contribution is 6.30. The van der Waals surface area contributed by atoms with E-state index >= 15 is 0 Å². The first kappa shape index (κ1) is 18.1. The van der Waals surface area contributed by atoms with Gasteiger partial charge in [-0.1, -0.05) is 36.7 Å². The molecule has 24 heavy (non-hydrogen) atoms. The molecule has 0 aliphatic heterocycles. The van der Waals surface area contributed by atoms with Crippen LogP contribution in [0.5, 0.6) is 5.75 Å². The van der Waals surface area contributed by atoms with Crippen LogP contribution in [0.3, 0.4) is 0 Å². The lowest BCUT2D eigenvalue weighted by atomic mass is 10.2. The van der Waals surface area contributed by atoms with Crippen molar-refractivity contribution in [2.24, 2.45) is 0 Å². The number of hydrogen-bond acceptors (Lipinski definition) is 3. The second kappa shape index (κ2) is 8.60. The number of halogens is 1. The normalized spacial score (nSPS) is 11.7. The number of nitrogens with zero attached hydrogens (tertiary/aromatic N) is 1. The van der Waals surface area contributed by atoms with Crippen LogP contribution in [0.2, 0.25) is 5.02 Å². The zero-order valence-corrected chi connectivity index (χ0v) is 15.0. The second-order valence-electron chi connectivity index (χ2n) is 5.75. The first-order valence-electron chi connectivity index (χ1n) is 7.95. The summed E-state index contributed by atoms with van der Waals surface area (Å²) in [5, 5.41) is 3.51. The van der Waals surface area contributed by atoms with Gasteiger partial charge in [0.2, 0.25) is 0 Å². The van der Waals surface area contributed by atoms with Gasteiger partial charge in [-0.2, -0.15) is 0 Å². The standard InChI is InChI=1S/C19H23ClN2O2/c1-4-18(24-17-7-5-6-15(20)12-17)19(23)21-13-14-8-10-16(11-9-14)22(2)3/h5-12,18H,4,13H2,1-3H3,(H,21,23). The number of carbonyl (C=O) groups excluding carboxylic acids is 1. The van der Waals surface area contributed by atoms with Crippen LogP contribution >= 0.6 is 11.6 Å². The van der Waals surface area contributed by atoms with Gasteiger partial charge in [0.1, 0.15) is 5.75 Å². The van der Waals surface area contributed by atoms with E-state index in [1.54, 1.807) is 24.3 Å². The summed E-state index contributed by atoms with van der Waals surface area (Å²) in [6.07, 6.45) is 0.0438. The van der Waals surface area contributed by atoms with Crippen LogP contribution in [0, 0.1) is 0 Å². The summed E-state index contributed by atoms with van der Waals surface area (Å²) in [7, 11) is 3.99. The fourth-order valence-corrected chi connectivity index (χ4v) is 2.42. The summed E-state index contributed by atoms with van der Waals surface area (Å²) in [4.78, 5) is 14.4. The highest BCUT2D eigenvalue weighted by atomic mass is 35.5. The van der Waals surface area contributed by atoms with Crippen LogP contribution in [0.15, 0.2) is 48.5 Å². The summed E-state index contributed by atoms with van der Waals surface area (Å²) >= 11 is 5.94. The van der Waals surface area contributed by atoms with Crippen molar-refractivity contribution in [3.63, 3.8) is 0 Å². The fourth-order valence-electron chi connectivity index (χ4n) is 2.24. The Balaban J connectivity index is 1.91. The van der Waals surface area contributed by atoms with Gasteiger partial charge in [0, 0.05) is 31.4 Å². The number of anilines is 1. The van der Waals surface area contributed by atoms with Crippen LogP contribution in [-0.4, -0.2) is 26.1 Å². The average Bonchev–Trinajstić information content (AvgIpc) is 2.58. The minimum atomic E-state index is -0.537. The Hall–Kier alpha value is -2.20. The Labute approximate surface area is 148 Å². The predicted octanol–water partition coefficient (Wildman–Crippen LogP) is 3.88. The maximum atomic E-state index is 12.3. The molecule has 0 saturated carbocycles. The van der Waals surface area contributed by atoms with Gasteiger partial charge >= 0.3 is 0 Å². The number of ether oxygens (including phenoxy) is 1. The summed E-state index contributed by atoms with van der Waals surface area (Å²) in [5.74, 6) is 0.467. The van der Waals surface area contributed by atoms with E-state index in [-0.39, 0.29) is 5.91 Å². The molecule has 5 heteroatoms. The first-order valence-corrected chi connectivity index (χ1v) is 8.33. The lowest BCUT2D eigenvalue weighted by Crippen LogP contribution is -2.37. The maximum absolute atomic E-state index is 12.3. The van der Waals surface area contributed by atoms with E-state index in [0.29, 0.717) is 23.7 Å². The molecule has 2 aromatic rings. The van der Waals surface area contributed by atoms with Gasteiger partial charge in [0.25, 0.3) is 5.91 Å². The summed E-state index contributed by atoms with van der Waals surface area (Å²) in [6.45, 7) is 2.39. The van der Waals surface area contributed by atoms with Crippen molar-refractivity contribution in [3.8, 4) is 5.75 Å². The molecule has 0 aliphatic carbocycles. The summed E-state index contributed by atoms with van der Waals surface area (Å²) < 4.78 is 5.74. The Morgan fingerprint density at radius 1 is 1.21 bits per heavy atom. The van der Waals surface area contributed by atoms with E-state index in [2.05, 4.69) is 5.32 Å². The summed E-state index contributed by atoms with van der Waals surface area (Å²) in [6, 6.07) is 15.1. The van der Waals surface area contributed by atoms with E-state index in [1.807, 2.05) is 50.2 Å². The number of benzene rings is 2. The topological polar surface area (TPSA) is 41.6 Å². The van der Waals surface area contributed by atoms with Gasteiger partial charge in [-0.15, -0.1) is 0 Å². The van der Waals surface area contributed by atoms with Gasteiger partial charge in [-0.25, -0.2) is 0 Å². The first-order chi connectivity index (χ1) is 11.5. The SMILES string of the molecule is CCC(Oc1cccc(Cl)c1)C(=O)NCc1ccc(N(C)C)cc1. The van der Waals surface area contributed by atoms with E-state index in [4.69, 9.17) is 16.3 Å². The van der Waals surface area contributed by atoms with E-state index in [0.717, 1.165) is 11.3 Å². The molecule has 0 heterocycles. The molecular formula is C19H23ClN2O2. The molecule has 1 unspecified atom stereocenters. The quantitative estimate of drug-likeness (QED) is 0.827. The molecule has 0 spiro atoms. The number of nitrogens with one attached hydrogen (secondary N) is 1. The second-order valence-corrected chi connectivity index (χ2v) is 6.19. The maximum Gasteiger partial charge on any atom is 0.261 e. The van der Waals surface area contributed by atoms with Gasteiger partial charge in [0.15, 0.2) is 6.10 Å². The van der Waals surface area contributed by atoms with Gasteiger partial charge in [-0.3, -0.25) is 4.79 Å². The largest absolute Gasteiger partial charge is 0.481 e. The van der Waals surface area contributed by atoms with E-state index < -0.39 is 6.10 Å². The Kier molecular flexibility index (Phi) is 6.50. The minimum Gasteiger partial charge on any atom is -0.481 e. The van der Waals surface area contributed by atoms with Crippen molar-refractivity contribution in [2.75, 3.05) is 19.0 Å². The highest BCUT2D eigenvalue weighted by Gasteiger charge is 2.18. The van der Waals surface area contributed by atoms with Crippen molar-refractivity contribution >= 4 is 23.2 Å². The smallest absolute Gasteiger partial charge is 0.261 e. The fraction of sp³-hybridized carbons (Fsp3) is 0.316. The molecule has 0 aliphatic rings. The molecule has 0 radical (unpaired) electrons. The lowest BCUT2D eigenvalue weighted by molar-refractivity contribution is -0.128. The Bertz CT molecular complexity index is 671. The lowest BCUT2D eigenvalue weighted by Gasteiger charge is -2.18. The zero-order chi connectivity index (χ0) is 17.5. The number of carbonyl (C=O) groups is 1. The average molecular weight is 347 g/mol. The van der Waals surface area contributed by atoms with Crippen molar-refractivity contribution in [1.82, 2.24) is 5.32 Å². The molecule has 0 bridgehead atoms. The van der Waals surface area contributed by atoms with Gasteiger partial charge in [-0.05, 0) is 42.3 Å². The molecular weight excluding hydrogens is 324 g/mol. The Morgan fingerprint density at radius 3 is 2.50 bits per heavy atom. The molecule has 2 aromatic carbocycles. The summed E-state index contributed by atoms with van der Waals surface area (Å²) in [5.41, 5.74) is 2.17. The molecule has 0 saturated heterocycles. The van der Waals surface area contributed by atoms with Crippen LogP contribution in [-0.2, 0) is 11.3 Å². The van der Waals surface area contributed by atoms with Gasteiger partial charge < -0.3 is 15.0 Å². The molecule has 0 aromatic heterocycles. The molecule has 2 rings (SSSR count). The molecule has 0 fully saturated rings. The Morgan fingerprint density at radius 2 is 1.92 bits per heavy atom. The van der Waals surface area contributed by atoms with Crippen molar-refractivity contribution in [3.05, 3.63) is 59.1 Å². The van der Waals surface area contributed by atoms with Crippen LogP contribution in [0.1, 0.15) is 18.9 Å². The third-order valence-electron chi connectivity index (χ3n) is 3.66. The van der Waals surface area contributed by atoms with Gasteiger partial charge in [0.05, 0.1) is 0 Å². The van der Waals surface area contributed by atoms with Crippen LogP contribution in [0.4, 0.5) is 5.69 Å². The van der Waals surface area contributed by atoms with Crippen LogP contribution < -0.4 is 15.0 Å². The van der Waals surface area contributed by atoms with Crippen molar-refractivity contribution < 1.29 is 9.53 Å². The highest BCUT2D eigenvalue weighted by Crippen LogP contribution is 2.19. The van der Waals surface area contributed by atoms with Crippen LogP contribution in [0.25, 0.3) is 0 Å². The third-order valence-corrected chi connectivity index (χ3v) is 3.89. The number of hydrogen-bond donors (Lipinski definition) is 1. The molecule has 1 atom stereocenters. The zero-order valence-electron chi connectivity index (χ0n) is 14.3. The van der Waals surface area contributed by atoms with E-state index in [9.17, 15) is 4.79 Å².